The number of nitrogens with zero attached hydrogens (tertiary/aromatic N) is 1. The normalized spacial score (nSPS) is 10.2. The molecule has 2 rings (SSSR count). The van der Waals surface area contributed by atoms with E-state index in [4.69, 9.17) is 15.9 Å². The molecule has 0 saturated carbocycles. The van der Waals surface area contributed by atoms with Crippen molar-refractivity contribution in [1.82, 2.24) is 0 Å². The van der Waals surface area contributed by atoms with Crippen molar-refractivity contribution in [3.8, 4) is 5.75 Å². The largest absolute Gasteiger partial charge is 0.496 e. The molecule has 0 aliphatic heterocycles. The number of hydrogen-bond donors (Lipinski definition) is 2. The van der Waals surface area contributed by atoms with Crippen molar-refractivity contribution in [3.05, 3.63) is 58.1 Å². The first-order valence-corrected chi connectivity index (χ1v) is 7.29. The van der Waals surface area contributed by atoms with E-state index in [2.05, 4.69) is 20.8 Å². The topological polar surface area (TPSA) is 62.3 Å². The van der Waals surface area contributed by atoms with E-state index in [9.17, 15) is 0 Å². The van der Waals surface area contributed by atoms with Crippen molar-refractivity contribution in [1.29, 1.82) is 5.41 Å². The second-order valence-electron chi connectivity index (χ2n) is 4.75. The van der Waals surface area contributed by atoms with Gasteiger partial charge in [-0.25, -0.2) is 0 Å². The van der Waals surface area contributed by atoms with Gasteiger partial charge < -0.3 is 15.4 Å². The fraction of sp³-hybridized carbons (Fsp3) is 0.188. The maximum atomic E-state index is 7.50. The van der Waals surface area contributed by atoms with Gasteiger partial charge in [-0.15, -0.1) is 0 Å². The van der Waals surface area contributed by atoms with Crippen LogP contribution < -0.4 is 15.4 Å². The van der Waals surface area contributed by atoms with Crippen LogP contribution in [0.3, 0.4) is 0 Å². The Morgan fingerprint density at radius 1 is 1.29 bits per heavy atom. The lowest BCUT2D eigenvalue weighted by Gasteiger charge is -2.21. The molecule has 2 aromatic carbocycles. The van der Waals surface area contributed by atoms with Crippen molar-refractivity contribution >= 4 is 27.5 Å². The lowest BCUT2D eigenvalue weighted by atomic mass is 10.1. The van der Waals surface area contributed by atoms with E-state index in [1.165, 1.54) is 0 Å². The first-order chi connectivity index (χ1) is 10.0. The van der Waals surface area contributed by atoms with Gasteiger partial charge in [-0.1, -0.05) is 18.2 Å². The fourth-order valence-corrected chi connectivity index (χ4v) is 2.72. The zero-order valence-corrected chi connectivity index (χ0v) is 13.6. The summed E-state index contributed by atoms with van der Waals surface area (Å²) in [6.45, 7) is 0.732. The summed E-state index contributed by atoms with van der Waals surface area (Å²) in [6, 6.07) is 13.7. The highest BCUT2D eigenvalue weighted by Crippen LogP contribution is 2.26. The number of nitrogens with one attached hydrogen (secondary N) is 1. The number of anilines is 1. The molecular formula is C16H18BrN3O. The molecule has 0 heterocycles. The van der Waals surface area contributed by atoms with Gasteiger partial charge in [0.05, 0.1) is 7.11 Å². The third-order valence-corrected chi connectivity index (χ3v) is 3.94. The molecule has 21 heavy (non-hydrogen) atoms. The van der Waals surface area contributed by atoms with Crippen LogP contribution in [0.1, 0.15) is 11.1 Å². The number of para-hydroxylation sites is 1. The average Bonchev–Trinajstić information content (AvgIpc) is 2.47. The van der Waals surface area contributed by atoms with E-state index in [-0.39, 0.29) is 5.84 Å². The molecule has 0 atom stereocenters. The minimum Gasteiger partial charge on any atom is -0.496 e. The van der Waals surface area contributed by atoms with Crippen LogP contribution in [0.15, 0.2) is 46.9 Å². The Kier molecular flexibility index (Phi) is 4.85. The summed E-state index contributed by atoms with van der Waals surface area (Å²) in [4.78, 5) is 2.12. The molecule has 4 nitrogen and oxygen atoms in total. The Morgan fingerprint density at radius 3 is 2.62 bits per heavy atom. The molecule has 0 fully saturated rings. The van der Waals surface area contributed by atoms with Crippen LogP contribution in [-0.2, 0) is 6.54 Å². The van der Waals surface area contributed by atoms with Gasteiger partial charge in [0.2, 0.25) is 0 Å². The standard InChI is InChI=1S/C16H18BrN3O/c1-20(10-11-5-3-4-6-15(11)21-2)12-7-8-13(16(18)19)14(17)9-12/h3-9H,10H2,1-2H3,(H3,18,19). The van der Waals surface area contributed by atoms with E-state index in [0.29, 0.717) is 5.56 Å². The van der Waals surface area contributed by atoms with E-state index in [0.717, 1.165) is 28.0 Å². The first-order valence-electron chi connectivity index (χ1n) is 6.50. The molecule has 2 aromatic rings. The van der Waals surface area contributed by atoms with Crippen LogP contribution in [-0.4, -0.2) is 20.0 Å². The van der Waals surface area contributed by atoms with Crippen LogP contribution in [0.5, 0.6) is 5.75 Å². The molecule has 0 aromatic heterocycles. The Bertz CT molecular complexity index is 658. The van der Waals surface area contributed by atoms with Gasteiger partial charge in [-0.2, -0.15) is 0 Å². The number of nitrogen functional groups attached to an aromatic ring is 1. The Morgan fingerprint density at radius 2 is 2.00 bits per heavy atom. The number of benzene rings is 2. The summed E-state index contributed by atoms with van der Waals surface area (Å²) < 4.78 is 6.19. The van der Waals surface area contributed by atoms with Gasteiger partial charge in [0.25, 0.3) is 0 Å². The Balaban J connectivity index is 2.22. The molecule has 110 valence electrons. The highest BCUT2D eigenvalue weighted by molar-refractivity contribution is 9.10. The van der Waals surface area contributed by atoms with Crippen molar-refractivity contribution in [2.45, 2.75) is 6.54 Å². The molecule has 0 saturated heterocycles. The summed E-state index contributed by atoms with van der Waals surface area (Å²) in [5, 5.41) is 7.50. The van der Waals surface area contributed by atoms with Gasteiger partial charge in [-0.3, -0.25) is 5.41 Å². The smallest absolute Gasteiger partial charge is 0.123 e. The van der Waals surface area contributed by atoms with Crippen molar-refractivity contribution < 1.29 is 4.74 Å². The molecule has 3 N–H and O–H groups in total. The van der Waals surface area contributed by atoms with Gasteiger partial charge >= 0.3 is 0 Å². The second kappa shape index (κ2) is 6.63. The third kappa shape index (κ3) is 3.55. The minimum atomic E-state index is 0.0563. The Labute approximate surface area is 133 Å². The number of ether oxygens (including phenoxy) is 1. The third-order valence-electron chi connectivity index (χ3n) is 3.28. The minimum absolute atomic E-state index is 0.0563. The summed E-state index contributed by atoms with van der Waals surface area (Å²) >= 11 is 3.46. The van der Waals surface area contributed by atoms with Crippen molar-refractivity contribution in [2.75, 3.05) is 19.1 Å². The molecule has 0 aliphatic rings. The highest BCUT2D eigenvalue weighted by Gasteiger charge is 2.09. The quantitative estimate of drug-likeness (QED) is 0.643. The monoisotopic (exact) mass is 347 g/mol. The number of amidine groups is 1. The molecule has 0 aliphatic carbocycles. The molecular weight excluding hydrogens is 330 g/mol. The van der Waals surface area contributed by atoms with Gasteiger partial charge in [0, 0.05) is 34.9 Å². The molecule has 5 heteroatoms. The average molecular weight is 348 g/mol. The molecule has 0 amide bonds. The van der Waals surface area contributed by atoms with Gasteiger partial charge in [0.1, 0.15) is 11.6 Å². The van der Waals surface area contributed by atoms with E-state index < -0.39 is 0 Å². The maximum Gasteiger partial charge on any atom is 0.123 e. The Hall–Kier alpha value is -2.01. The SMILES string of the molecule is COc1ccccc1CN(C)c1ccc(C(=N)N)c(Br)c1. The summed E-state index contributed by atoms with van der Waals surface area (Å²) in [7, 11) is 3.69. The van der Waals surface area contributed by atoms with Gasteiger partial charge in [-0.05, 0) is 40.2 Å². The number of rotatable bonds is 5. The van der Waals surface area contributed by atoms with E-state index >= 15 is 0 Å². The molecule has 0 unspecified atom stereocenters. The zero-order valence-electron chi connectivity index (χ0n) is 12.1. The lowest BCUT2D eigenvalue weighted by Crippen LogP contribution is -2.18. The zero-order chi connectivity index (χ0) is 15.4. The summed E-state index contributed by atoms with van der Waals surface area (Å²) in [5.74, 6) is 0.935. The molecule has 0 radical (unpaired) electrons. The highest BCUT2D eigenvalue weighted by atomic mass is 79.9. The number of methoxy groups -OCH3 is 1. The van der Waals surface area contributed by atoms with Crippen LogP contribution in [0.2, 0.25) is 0 Å². The molecule has 0 spiro atoms. The van der Waals surface area contributed by atoms with Gasteiger partial charge in [0.15, 0.2) is 0 Å². The van der Waals surface area contributed by atoms with E-state index in [1.807, 2.05) is 49.5 Å². The predicted octanol–water partition coefficient (Wildman–Crippen LogP) is 3.38. The van der Waals surface area contributed by atoms with Crippen molar-refractivity contribution in [2.24, 2.45) is 5.73 Å². The maximum absolute atomic E-state index is 7.50. The predicted molar refractivity (Wildman–Crippen MR) is 90.3 cm³/mol. The summed E-state index contributed by atoms with van der Waals surface area (Å²) in [5.41, 5.74) is 8.38. The number of nitrogens with two attached hydrogens (primary N) is 1. The van der Waals surface area contributed by atoms with Crippen LogP contribution in [0.4, 0.5) is 5.69 Å². The first kappa shape index (κ1) is 15.4. The van der Waals surface area contributed by atoms with Crippen LogP contribution in [0, 0.1) is 5.41 Å². The second-order valence-corrected chi connectivity index (χ2v) is 5.60. The van der Waals surface area contributed by atoms with E-state index in [1.54, 1.807) is 7.11 Å². The number of halogens is 1. The lowest BCUT2D eigenvalue weighted by molar-refractivity contribution is 0.409. The summed E-state index contributed by atoms with van der Waals surface area (Å²) in [6.07, 6.45) is 0. The molecule has 0 bridgehead atoms. The van der Waals surface area contributed by atoms with Crippen molar-refractivity contribution in [3.63, 3.8) is 0 Å². The fourth-order valence-electron chi connectivity index (χ4n) is 2.14. The van der Waals surface area contributed by atoms with Crippen LogP contribution >= 0.6 is 15.9 Å². The van der Waals surface area contributed by atoms with Crippen LogP contribution in [0.25, 0.3) is 0 Å². The number of hydrogen-bond acceptors (Lipinski definition) is 3.